The molecule has 2 aliphatic carbocycles. The van der Waals surface area contributed by atoms with E-state index in [2.05, 4.69) is 10.3 Å². The number of anilines is 2. The second-order valence-electron chi connectivity index (χ2n) is 7.00. The normalized spacial score (nSPS) is 16.5. The molecule has 1 saturated carbocycles. The Morgan fingerprint density at radius 2 is 2.00 bits per heavy atom. The molecule has 0 spiro atoms. The van der Waals surface area contributed by atoms with Crippen molar-refractivity contribution in [3.63, 3.8) is 0 Å². The minimum Gasteiger partial charge on any atom is -0.488 e. The molecule has 26 heavy (non-hydrogen) atoms. The van der Waals surface area contributed by atoms with Crippen LogP contribution in [0.15, 0.2) is 24.3 Å². The number of rotatable bonds is 4. The molecule has 4 rings (SSSR count). The monoisotopic (exact) mass is 355 g/mol. The molecule has 1 amide bonds. The highest BCUT2D eigenvalue weighted by molar-refractivity contribution is 6.08. The van der Waals surface area contributed by atoms with Gasteiger partial charge >= 0.3 is 0 Å². The van der Waals surface area contributed by atoms with Crippen LogP contribution in [0.25, 0.3) is 0 Å². The van der Waals surface area contributed by atoms with Crippen molar-refractivity contribution in [2.75, 3.05) is 11.1 Å². The van der Waals surface area contributed by atoms with Gasteiger partial charge in [0.25, 0.3) is 5.91 Å². The van der Waals surface area contributed by atoms with Crippen molar-refractivity contribution in [1.29, 1.82) is 0 Å². The molecule has 1 aromatic heterocycles. The number of nitrogen functional groups attached to an aromatic ring is 1. The predicted molar refractivity (Wildman–Crippen MR) is 97.9 cm³/mol. The lowest BCUT2D eigenvalue weighted by molar-refractivity contribution is 0.102. The summed E-state index contributed by atoms with van der Waals surface area (Å²) in [4.78, 5) is 17.1. The molecule has 0 atom stereocenters. The van der Waals surface area contributed by atoms with Crippen molar-refractivity contribution in [2.24, 2.45) is 0 Å². The summed E-state index contributed by atoms with van der Waals surface area (Å²) in [7, 11) is 0. The summed E-state index contributed by atoms with van der Waals surface area (Å²) >= 11 is 0. The number of aryl methyl sites for hydroxylation is 2. The smallest absolute Gasteiger partial charge is 0.259 e. The Morgan fingerprint density at radius 1 is 1.19 bits per heavy atom. The summed E-state index contributed by atoms with van der Waals surface area (Å²) in [6.07, 6.45) is 7.03. The van der Waals surface area contributed by atoms with Gasteiger partial charge in [-0.15, -0.1) is 0 Å². The highest BCUT2D eigenvalue weighted by Crippen LogP contribution is 2.32. The van der Waals surface area contributed by atoms with Gasteiger partial charge in [-0.1, -0.05) is 0 Å². The van der Waals surface area contributed by atoms with Gasteiger partial charge in [0.2, 0.25) is 0 Å². The van der Waals surface area contributed by atoms with E-state index in [1.54, 1.807) is 0 Å². The number of hydrogen-bond acceptors (Lipinski definition) is 4. The minimum atomic E-state index is -0.394. The molecule has 1 fully saturated rings. The van der Waals surface area contributed by atoms with Gasteiger partial charge in [0, 0.05) is 11.8 Å². The molecule has 2 aromatic rings. The molecule has 6 heteroatoms. The molecule has 1 aromatic carbocycles. The molecule has 1 heterocycles. The first-order chi connectivity index (χ1) is 12.6. The highest BCUT2D eigenvalue weighted by atomic mass is 19.1. The number of nitrogens with two attached hydrogens (primary N) is 1. The maximum atomic E-state index is 13.7. The van der Waals surface area contributed by atoms with E-state index in [9.17, 15) is 9.18 Å². The maximum Gasteiger partial charge on any atom is 0.259 e. The Morgan fingerprint density at radius 3 is 2.81 bits per heavy atom. The zero-order chi connectivity index (χ0) is 18.1. The van der Waals surface area contributed by atoms with Crippen molar-refractivity contribution in [2.45, 2.75) is 51.0 Å². The molecule has 3 N–H and O–H groups in total. The molecule has 0 aliphatic heterocycles. The van der Waals surface area contributed by atoms with E-state index in [-0.39, 0.29) is 17.8 Å². The standard InChI is InChI=1S/C20H22FN3O2/c21-13-8-9-17(18(11-13)26-14-5-1-2-6-14)24-20(25)15-10-12-4-3-7-16(12)23-19(15)22/h8-11,14H,1-7H2,(H2,22,23)(H,24,25). The fourth-order valence-corrected chi connectivity index (χ4v) is 3.74. The van der Waals surface area contributed by atoms with Crippen LogP contribution in [0.4, 0.5) is 15.9 Å². The number of amides is 1. The Labute approximate surface area is 151 Å². The zero-order valence-corrected chi connectivity index (χ0v) is 14.6. The third-order valence-corrected chi connectivity index (χ3v) is 5.11. The lowest BCUT2D eigenvalue weighted by Crippen LogP contribution is -2.18. The Bertz CT molecular complexity index is 847. The SMILES string of the molecule is Nc1nc2c(cc1C(=O)Nc1ccc(F)cc1OC1CCCC1)CCC2. The van der Waals surface area contributed by atoms with Crippen LogP contribution >= 0.6 is 0 Å². The Hall–Kier alpha value is -2.63. The molecule has 0 unspecified atom stereocenters. The lowest BCUT2D eigenvalue weighted by Gasteiger charge is -2.17. The topological polar surface area (TPSA) is 77.2 Å². The third kappa shape index (κ3) is 3.36. The third-order valence-electron chi connectivity index (χ3n) is 5.11. The van der Waals surface area contributed by atoms with Crippen molar-refractivity contribution < 1.29 is 13.9 Å². The summed E-state index contributed by atoms with van der Waals surface area (Å²) in [5, 5.41) is 2.81. The van der Waals surface area contributed by atoms with Crippen LogP contribution in [0.5, 0.6) is 5.75 Å². The molecule has 136 valence electrons. The van der Waals surface area contributed by atoms with Gasteiger partial charge in [-0.25, -0.2) is 9.37 Å². The zero-order valence-electron chi connectivity index (χ0n) is 14.6. The molecule has 0 saturated heterocycles. The van der Waals surface area contributed by atoms with Crippen molar-refractivity contribution in [3.05, 3.63) is 46.9 Å². The predicted octanol–water partition coefficient (Wildman–Crippen LogP) is 3.87. The highest BCUT2D eigenvalue weighted by Gasteiger charge is 2.22. The van der Waals surface area contributed by atoms with Gasteiger partial charge in [-0.05, 0) is 68.7 Å². The Balaban J connectivity index is 1.58. The average molecular weight is 355 g/mol. The number of carbonyl (C=O) groups is 1. The summed E-state index contributed by atoms with van der Waals surface area (Å²) in [6.45, 7) is 0. The molecule has 0 bridgehead atoms. The number of hydrogen-bond donors (Lipinski definition) is 2. The fourth-order valence-electron chi connectivity index (χ4n) is 3.74. The quantitative estimate of drug-likeness (QED) is 0.873. The van der Waals surface area contributed by atoms with Gasteiger partial charge in [0.05, 0.1) is 17.4 Å². The average Bonchev–Trinajstić information content (AvgIpc) is 3.27. The minimum absolute atomic E-state index is 0.0687. The van der Waals surface area contributed by atoms with E-state index in [1.165, 1.54) is 18.2 Å². The number of ether oxygens (including phenoxy) is 1. The lowest BCUT2D eigenvalue weighted by atomic mass is 10.1. The van der Waals surface area contributed by atoms with E-state index in [1.807, 2.05) is 6.07 Å². The number of nitrogens with zero attached hydrogens (tertiary/aromatic N) is 1. The van der Waals surface area contributed by atoms with Crippen LogP contribution in [0.2, 0.25) is 0 Å². The Kier molecular flexibility index (Phi) is 4.49. The largest absolute Gasteiger partial charge is 0.488 e. The van der Waals surface area contributed by atoms with Crippen molar-refractivity contribution >= 4 is 17.4 Å². The molecular formula is C20H22FN3O2. The number of pyridine rings is 1. The summed E-state index contributed by atoms with van der Waals surface area (Å²) in [5.41, 5.74) is 8.83. The van der Waals surface area contributed by atoms with E-state index in [4.69, 9.17) is 10.5 Å². The molecule has 5 nitrogen and oxygen atoms in total. The van der Waals surface area contributed by atoms with Crippen LogP contribution in [-0.2, 0) is 12.8 Å². The number of carbonyl (C=O) groups excluding carboxylic acids is 1. The second kappa shape index (κ2) is 6.94. The van der Waals surface area contributed by atoms with Gasteiger partial charge in [-0.2, -0.15) is 0 Å². The van der Waals surface area contributed by atoms with E-state index in [0.717, 1.165) is 56.2 Å². The molecule has 0 radical (unpaired) electrons. The van der Waals surface area contributed by atoms with Crippen LogP contribution in [0, 0.1) is 5.82 Å². The first kappa shape index (κ1) is 16.8. The van der Waals surface area contributed by atoms with Gasteiger partial charge in [0.15, 0.2) is 0 Å². The summed E-state index contributed by atoms with van der Waals surface area (Å²) in [6, 6.07) is 5.97. The van der Waals surface area contributed by atoms with Crippen molar-refractivity contribution in [1.82, 2.24) is 4.98 Å². The van der Waals surface area contributed by atoms with E-state index in [0.29, 0.717) is 17.0 Å². The molecular weight excluding hydrogens is 333 g/mol. The van der Waals surface area contributed by atoms with Crippen molar-refractivity contribution in [3.8, 4) is 5.75 Å². The number of fused-ring (bicyclic) bond motifs is 1. The fraction of sp³-hybridized carbons (Fsp3) is 0.400. The van der Waals surface area contributed by atoms with Crippen LogP contribution in [0.1, 0.15) is 53.7 Å². The van der Waals surface area contributed by atoms with Crippen LogP contribution in [-0.4, -0.2) is 17.0 Å². The number of halogens is 1. The van der Waals surface area contributed by atoms with Gasteiger partial charge in [0.1, 0.15) is 17.4 Å². The summed E-state index contributed by atoms with van der Waals surface area (Å²) < 4.78 is 19.6. The first-order valence-electron chi connectivity index (χ1n) is 9.16. The number of aromatic nitrogens is 1. The van der Waals surface area contributed by atoms with E-state index >= 15 is 0 Å². The summed E-state index contributed by atoms with van der Waals surface area (Å²) in [5.74, 6) is -0.163. The first-order valence-corrected chi connectivity index (χ1v) is 9.16. The van der Waals surface area contributed by atoms with Crippen LogP contribution in [0.3, 0.4) is 0 Å². The number of nitrogens with one attached hydrogen (secondary N) is 1. The van der Waals surface area contributed by atoms with Crippen LogP contribution < -0.4 is 15.8 Å². The number of benzene rings is 1. The second-order valence-corrected chi connectivity index (χ2v) is 7.00. The van der Waals surface area contributed by atoms with Gasteiger partial charge < -0.3 is 15.8 Å². The maximum absolute atomic E-state index is 13.7. The van der Waals surface area contributed by atoms with Gasteiger partial charge in [-0.3, -0.25) is 4.79 Å². The molecule has 2 aliphatic rings. The van der Waals surface area contributed by atoms with E-state index < -0.39 is 5.82 Å².